The molecule has 1 aliphatic rings. The molecule has 0 aliphatic heterocycles. The normalized spacial score (nSPS) is 15.1. The first-order chi connectivity index (χ1) is 11.6. The van der Waals surface area contributed by atoms with E-state index in [0.29, 0.717) is 22.4 Å². The predicted molar refractivity (Wildman–Crippen MR) is 95.8 cm³/mol. The van der Waals surface area contributed by atoms with Crippen molar-refractivity contribution in [3.63, 3.8) is 0 Å². The minimum atomic E-state index is -0.137. The van der Waals surface area contributed by atoms with Crippen LogP contribution in [0.4, 0.5) is 11.5 Å². The van der Waals surface area contributed by atoms with E-state index in [0.717, 1.165) is 18.5 Å². The highest BCUT2D eigenvalue weighted by atomic mass is 35.5. The molecule has 0 bridgehead atoms. The van der Waals surface area contributed by atoms with E-state index in [1.165, 1.54) is 19.3 Å². The summed E-state index contributed by atoms with van der Waals surface area (Å²) in [5.41, 5.74) is 1.21. The molecule has 1 heterocycles. The lowest BCUT2D eigenvalue weighted by Gasteiger charge is -2.22. The molecule has 126 valence electrons. The highest BCUT2D eigenvalue weighted by Gasteiger charge is 2.18. The maximum atomic E-state index is 12.5. The topological polar surface area (TPSA) is 66.9 Å². The molecule has 0 saturated heterocycles. The molecule has 0 radical (unpaired) electrons. The fourth-order valence-electron chi connectivity index (χ4n) is 2.97. The number of hydrogen-bond acceptors (Lipinski definition) is 4. The highest BCUT2D eigenvalue weighted by Crippen LogP contribution is 2.20. The van der Waals surface area contributed by atoms with Gasteiger partial charge < -0.3 is 10.6 Å². The molecule has 24 heavy (non-hydrogen) atoms. The molecule has 0 spiro atoms. The Morgan fingerprint density at radius 3 is 2.71 bits per heavy atom. The summed E-state index contributed by atoms with van der Waals surface area (Å²) in [7, 11) is 0. The molecule has 1 fully saturated rings. The van der Waals surface area contributed by atoms with E-state index < -0.39 is 0 Å². The van der Waals surface area contributed by atoms with E-state index in [-0.39, 0.29) is 11.9 Å². The maximum Gasteiger partial charge on any atom is 0.270 e. The largest absolute Gasteiger partial charge is 0.348 e. The van der Waals surface area contributed by atoms with Crippen molar-refractivity contribution in [1.29, 1.82) is 0 Å². The van der Waals surface area contributed by atoms with Crippen LogP contribution in [0.5, 0.6) is 0 Å². The number of amides is 1. The van der Waals surface area contributed by atoms with Crippen molar-refractivity contribution in [3.05, 3.63) is 46.9 Å². The highest BCUT2D eigenvalue weighted by molar-refractivity contribution is 6.30. The lowest BCUT2D eigenvalue weighted by atomic mass is 9.95. The number of halogens is 1. The maximum absolute atomic E-state index is 12.5. The third-order valence-corrected chi connectivity index (χ3v) is 4.34. The summed E-state index contributed by atoms with van der Waals surface area (Å²) < 4.78 is 0. The second kappa shape index (κ2) is 7.62. The van der Waals surface area contributed by atoms with Gasteiger partial charge in [0.1, 0.15) is 17.3 Å². The van der Waals surface area contributed by atoms with Crippen molar-refractivity contribution in [2.45, 2.75) is 45.1 Å². The fourth-order valence-corrected chi connectivity index (χ4v) is 3.16. The Bertz CT molecular complexity index is 729. The number of anilines is 2. The predicted octanol–water partition coefficient (Wildman–Crippen LogP) is 4.24. The molecule has 5 nitrogen and oxygen atoms in total. The van der Waals surface area contributed by atoms with Gasteiger partial charge in [0.05, 0.1) is 0 Å². The lowest BCUT2D eigenvalue weighted by Crippen LogP contribution is -2.36. The number of aromatic nitrogens is 2. The van der Waals surface area contributed by atoms with E-state index in [2.05, 4.69) is 20.6 Å². The average Bonchev–Trinajstić information content (AvgIpc) is 2.55. The molecule has 1 aromatic carbocycles. The van der Waals surface area contributed by atoms with Crippen molar-refractivity contribution >= 4 is 29.0 Å². The van der Waals surface area contributed by atoms with Gasteiger partial charge in [0.2, 0.25) is 0 Å². The summed E-state index contributed by atoms with van der Waals surface area (Å²) in [5.74, 6) is 0.996. The van der Waals surface area contributed by atoms with Crippen LogP contribution in [0.2, 0.25) is 5.02 Å². The number of carbonyl (C=O) groups excluding carboxylic acids is 1. The molecule has 1 aromatic heterocycles. The molecule has 0 unspecified atom stereocenters. The summed E-state index contributed by atoms with van der Waals surface area (Å²) in [4.78, 5) is 21.1. The van der Waals surface area contributed by atoms with Crippen LogP contribution in [-0.4, -0.2) is 21.9 Å². The van der Waals surface area contributed by atoms with Crippen LogP contribution in [-0.2, 0) is 0 Å². The summed E-state index contributed by atoms with van der Waals surface area (Å²) in [6, 6.07) is 9.29. The summed E-state index contributed by atoms with van der Waals surface area (Å²) in [5, 5.41) is 6.89. The minimum absolute atomic E-state index is 0.137. The number of benzene rings is 1. The van der Waals surface area contributed by atoms with Gasteiger partial charge in [0.15, 0.2) is 0 Å². The van der Waals surface area contributed by atoms with Crippen LogP contribution >= 0.6 is 11.6 Å². The molecule has 3 rings (SSSR count). The van der Waals surface area contributed by atoms with Gasteiger partial charge in [-0.25, -0.2) is 9.97 Å². The third kappa shape index (κ3) is 4.45. The van der Waals surface area contributed by atoms with Crippen molar-refractivity contribution < 1.29 is 4.79 Å². The number of hydrogen-bond donors (Lipinski definition) is 2. The number of nitrogens with zero attached hydrogens (tertiary/aromatic N) is 2. The smallest absolute Gasteiger partial charge is 0.270 e. The van der Waals surface area contributed by atoms with Crippen LogP contribution < -0.4 is 10.6 Å². The molecule has 6 heteroatoms. The number of nitrogens with one attached hydrogen (secondary N) is 2. The van der Waals surface area contributed by atoms with Gasteiger partial charge in [-0.2, -0.15) is 0 Å². The molecular formula is C18H21ClN4O. The van der Waals surface area contributed by atoms with Crippen molar-refractivity contribution in [2.75, 3.05) is 5.32 Å². The molecule has 2 N–H and O–H groups in total. The third-order valence-electron chi connectivity index (χ3n) is 4.11. The van der Waals surface area contributed by atoms with Gasteiger partial charge in [-0.1, -0.05) is 36.9 Å². The Kier molecular flexibility index (Phi) is 5.30. The first-order valence-corrected chi connectivity index (χ1v) is 8.67. The van der Waals surface area contributed by atoms with Crippen LogP contribution in [0.25, 0.3) is 0 Å². The first kappa shape index (κ1) is 16.7. The standard InChI is InChI=1S/C18H21ClN4O/c1-12-20-16(18(24)23-14-7-3-2-4-8-14)11-17(21-12)22-15-9-5-6-13(19)10-15/h5-6,9-11,14H,2-4,7-8H2,1H3,(H,23,24)(H,20,21,22). The van der Waals surface area contributed by atoms with E-state index in [4.69, 9.17) is 11.6 Å². The Labute approximate surface area is 146 Å². The summed E-state index contributed by atoms with van der Waals surface area (Å²) in [6.07, 6.45) is 5.70. The minimum Gasteiger partial charge on any atom is -0.348 e. The van der Waals surface area contributed by atoms with E-state index in [1.807, 2.05) is 12.1 Å². The molecule has 2 aromatic rings. The zero-order valence-electron chi connectivity index (χ0n) is 13.7. The molecule has 0 atom stereocenters. The van der Waals surface area contributed by atoms with Crippen LogP contribution in [0.3, 0.4) is 0 Å². The Balaban J connectivity index is 1.74. The van der Waals surface area contributed by atoms with E-state index in [1.54, 1.807) is 25.1 Å². The van der Waals surface area contributed by atoms with Gasteiger partial charge in [-0.3, -0.25) is 4.79 Å². The lowest BCUT2D eigenvalue weighted by molar-refractivity contribution is 0.0922. The summed E-state index contributed by atoms with van der Waals surface area (Å²) in [6.45, 7) is 1.78. The average molecular weight is 345 g/mol. The Morgan fingerprint density at radius 2 is 1.96 bits per heavy atom. The van der Waals surface area contributed by atoms with Crippen LogP contribution in [0, 0.1) is 6.92 Å². The zero-order valence-corrected chi connectivity index (χ0v) is 14.4. The van der Waals surface area contributed by atoms with E-state index in [9.17, 15) is 4.79 Å². The zero-order chi connectivity index (χ0) is 16.9. The van der Waals surface area contributed by atoms with Gasteiger partial charge in [0.25, 0.3) is 5.91 Å². The number of rotatable bonds is 4. The van der Waals surface area contributed by atoms with Crippen LogP contribution in [0.15, 0.2) is 30.3 Å². The second-order valence-electron chi connectivity index (χ2n) is 6.13. The van der Waals surface area contributed by atoms with Crippen molar-refractivity contribution in [2.24, 2.45) is 0 Å². The Morgan fingerprint density at radius 1 is 1.17 bits per heavy atom. The van der Waals surface area contributed by atoms with Crippen molar-refractivity contribution in [3.8, 4) is 0 Å². The van der Waals surface area contributed by atoms with E-state index >= 15 is 0 Å². The first-order valence-electron chi connectivity index (χ1n) is 8.29. The Hall–Kier alpha value is -2.14. The monoisotopic (exact) mass is 344 g/mol. The van der Waals surface area contributed by atoms with Crippen molar-refractivity contribution in [1.82, 2.24) is 15.3 Å². The van der Waals surface area contributed by atoms with Gasteiger partial charge in [-0.15, -0.1) is 0 Å². The van der Waals surface area contributed by atoms with Gasteiger partial charge in [-0.05, 0) is 38.0 Å². The molecule has 1 amide bonds. The fraction of sp³-hybridized carbons (Fsp3) is 0.389. The number of carbonyl (C=O) groups is 1. The molecule has 1 aliphatic carbocycles. The van der Waals surface area contributed by atoms with Gasteiger partial charge in [0, 0.05) is 22.8 Å². The molecular weight excluding hydrogens is 324 g/mol. The quantitative estimate of drug-likeness (QED) is 0.870. The second-order valence-corrected chi connectivity index (χ2v) is 6.57. The SMILES string of the molecule is Cc1nc(Nc2cccc(Cl)c2)cc(C(=O)NC2CCCCC2)n1. The summed E-state index contributed by atoms with van der Waals surface area (Å²) >= 11 is 6.00. The number of aryl methyl sites for hydroxylation is 1. The van der Waals surface area contributed by atoms with Crippen LogP contribution in [0.1, 0.15) is 48.4 Å². The molecule has 1 saturated carbocycles. The van der Waals surface area contributed by atoms with Gasteiger partial charge >= 0.3 is 0 Å².